The van der Waals surface area contributed by atoms with E-state index in [1.54, 1.807) is 50.7 Å². The number of aryl methyl sites for hydroxylation is 1. The third-order valence-electron chi connectivity index (χ3n) is 4.28. The van der Waals surface area contributed by atoms with Crippen molar-refractivity contribution in [1.29, 1.82) is 0 Å². The predicted molar refractivity (Wildman–Crippen MR) is 113 cm³/mol. The molecule has 1 heterocycles. The Kier molecular flexibility index (Phi) is 6.19. The van der Waals surface area contributed by atoms with Gasteiger partial charge in [0.15, 0.2) is 0 Å². The Morgan fingerprint density at radius 1 is 0.862 bits per heavy atom. The molecule has 1 aromatic heterocycles. The van der Waals surface area contributed by atoms with Crippen molar-refractivity contribution in [1.82, 2.24) is 4.98 Å². The van der Waals surface area contributed by atoms with Gasteiger partial charge in [0.05, 0.1) is 32.7 Å². The Morgan fingerprint density at radius 3 is 2.38 bits per heavy atom. The molecule has 0 aliphatic heterocycles. The summed E-state index contributed by atoms with van der Waals surface area (Å²) in [4.78, 5) is 16.9. The van der Waals surface area contributed by atoms with E-state index in [2.05, 4.69) is 15.6 Å². The van der Waals surface area contributed by atoms with Gasteiger partial charge in [0, 0.05) is 18.0 Å². The van der Waals surface area contributed by atoms with Crippen molar-refractivity contribution >= 4 is 23.0 Å². The van der Waals surface area contributed by atoms with E-state index in [1.165, 1.54) is 7.11 Å². The summed E-state index contributed by atoms with van der Waals surface area (Å²) >= 11 is 0. The van der Waals surface area contributed by atoms with Gasteiger partial charge in [-0.05, 0) is 48.9 Å². The molecule has 2 aromatic carbocycles. The first-order valence-corrected chi connectivity index (χ1v) is 8.95. The van der Waals surface area contributed by atoms with E-state index in [0.717, 1.165) is 16.9 Å². The first-order valence-electron chi connectivity index (χ1n) is 8.95. The summed E-state index contributed by atoms with van der Waals surface area (Å²) in [7, 11) is 4.71. The molecule has 0 bridgehead atoms. The molecule has 0 aliphatic rings. The third-order valence-corrected chi connectivity index (χ3v) is 4.28. The van der Waals surface area contributed by atoms with Crippen molar-refractivity contribution in [2.75, 3.05) is 32.0 Å². The summed E-state index contributed by atoms with van der Waals surface area (Å²) in [5.74, 6) is 1.49. The van der Waals surface area contributed by atoms with E-state index < -0.39 is 0 Å². The number of pyridine rings is 1. The lowest BCUT2D eigenvalue weighted by Crippen LogP contribution is -2.14. The van der Waals surface area contributed by atoms with Crippen LogP contribution in [-0.2, 0) is 0 Å². The van der Waals surface area contributed by atoms with Crippen molar-refractivity contribution in [3.8, 4) is 17.2 Å². The number of hydrogen-bond donors (Lipinski definition) is 2. The summed E-state index contributed by atoms with van der Waals surface area (Å²) in [5.41, 5.74) is 3.41. The van der Waals surface area contributed by atoms with E-state index in [0.29, 0.717) is 22.9 Å². The van der Waals surface area contributed by atoms with Crippen LogP contribution in [0.25, 0.3) is 0 Å². The van der Waals surface area contributed by atoms with Gasteiger partial charge in [0.1, 0.15) is 22.9 Å². The van der Waals surface area contributed by atoms with Gasteiger partial charge in [-0.2, -0.15) is 0 Å². The standard InChI is InChI=1S/C22H23N3O4/c1-14-5-8-20(28-3)18(11-14)24-15-9-10-23-19(12-15)22(26)25-17-7-6-16(27-2)13-21(17)29-4/h5-13H,1-4H3,(H,23,24)(H,25,26). The molecule has 0 atom stereocenters. The fourth-order valence-corrected chi connectivity index (χ4v) is 2.80. The topological polar surface area (TPSA) is 81.7 Å². The first kappa shape index (κ1) is 20.0. The number of hydrogen-bond acceptors (Lipinski definition) is 6. The minimum absolute atomic E-state index is 0.263. The Bertz CT molecular complexity index is 1020. The molecular weight excluding hydrogens is 370 g/mol. The average molecular weight is 393 g/mol. The second kappa shape index (κ2) is 8.97. The Balaban J connectivity index is 1.81. The number of ether oxygens (including phenoxy) is 3. The van der Waals surface area contributed by atoms with Crippen LogP contribution >= 0.6 is 0 Å². The summed E-state index contributed by atoms with van der Waals surface area (Å²) in [5, 5.41) is 6.09. The zero-order chi connectivity index (χ0) is 20.8. The van der Waals surface area contributed by atoms with Crippen LogP contribution in [0.2, 0.25) is 0 Å². The normalized spacial score (nSPS) is 10.2. The van der Waals surface area contributed by atoms with Crippen LogP contribution in [0.5, 0.6) is 17.2 Å². The molecule has 0 saturated heterocycles. The van der Waals surface area contributed by atoms with Crippen LogP contribution in [0, 0.1) is 6.92 Å². The van der Waals surface area contributed by atoms with Gasteiger partial charge in [-0.25, -0.2) is 0 Å². The smallest absolute Gasteiger partial charge is 0.274 e. The molecule has 150 valence electrons. The van der Waals surface area contributed by atoms with Gasteiger partial charge in [-0.1, -0.05) is 6.07 Å². The third kappa shape index (κ3) is 4.76. The lowest BCUT2D eigenvalue weighted by molar-refractivity contribution is 0.102. The number of carbonyl (C=O) groups is 1. The lowest BCUT2D eigenvalue weighted by Gasteiger charge is -2.13. The maximum absolute atomic E-state index is 12.7. The molecule has 29 heavy (non-hydrogen) atoms. The number of nitrogens with one attached hydrogen (secondary N) is 2. The average Bonchev–Trinajstić information content (AvgIpc) is 2.74. The zero-order valence-electron chi connectivity index (χ0n) is 16.8. The molecule has 0 radical (unpaired) electrons. The molecule has 0 fully saturated rings. The number of nitrogens with zero attached hydrogens (tertiary/aromatic N) is 1. The molecule has 7 heteroatoms. The summed E-state index contributed by atoms with van der Waals surface area (Å²) < 4.78 is 15.9. The SMILES string of the molecule is COc1ccc(NC(=O)c2cc(Nc3cc(C)ccc3OC)ccn2)c(OC)c1. The van der Waals surface area contributed by atoms with Crippen LogP contribution in [-0.4, -0.2) is 32.2 Å². The summed E-state index contributed by atoms with van der Waals surface area (Å²) in [6.07, 6.45) is 1.57. The number of carbonyl (C=O) groups excluding carboxylic acids is 1. The molecule has 0 saturated carbocycles. The van der Waals surface area contributed by atoms with Gasteiger partial charge in [0.25, 0.3) is 5.91 Å². The fraction of sp³-hybridized carbons (Fsp3) is 0.182. The number of rotatable bonds is 7. The van der Waals surface area contributed by atoms with Crippen LogP contribution in [0.15, 0.2) is 54.7 Å². The van der Waals surface area contributed by atoms with E-state index in [1.807, 2.05) is 25.1 Å². The molecule has 1 amide bonds. The number of anilines is 3. The second-order valence-electron chi connectivity index (χ2n) is 6.28. The molecule has 0 aliphatic carbocycles. The summed E-state index contributed by atoms with van der Waals surface area (Å²) in [6.45, 7) is 2.00. The number of methoxy groups -OCH3 is 3. The van der Waals surface area contributed by atoms with Crippen molar-refractivity contribution < 1.29 is 19.0 Å². The zero-order valence-corrected chi connectivity index (χ0v) is 16.8. The Morgan fingerprint density at radius 2 is 1.66 bits per heavy atom. The Hall–Kier alpha value is -3.74. The minimum atomic E-state index is -0.353. The van der Waals surface area contributed by atoms with E-state index >= 15 is 0 Å². The number of aromatic nitrogens is 1. The van der Waals surface area contributed by atoms with Crippen molar-refractivity contribution in [3.63, 3.8) is 0 Å². The molecular formula is C22H23N3O4. The summed E-state index contributed by atoms with van der Waals surface area (Å²) in [6, 6.07) is 14.5. The molecule has 0 unspecified atom stereocenters. The van der Waals surface area contributed by atoms with Gasteiger partial charge in [0.2, 0.25) is 0 Å². The maximum Gasteiger partial charge on any atom is 0.274 e. The molecule has 3 aromatic rings. The molecule has 7 nitrogen and oxygen atoms in total. The number of amides is 1. The predicted octanol–water partition coefficient (Wildman–Crippen LogP) is 4.41. The highest BCUT2D eigenvalue weighted by Crippen LogP contribution is 2.30. The first-order chi connectivity index (χ1) is 14.0. The second-order valence-corrected chi connectivity index (χ2v) is 6.28. The van der Waals surface area contributed by atoms with Crippen molar-refractivity contribution in [3.05, 3.63) is 66.0 Å². The van der Waals surface area contributed by atoms with Gasteiger partial charge in [-0.3, -0.25) is 9.78 Å². The highest BCUT2D eigenvalue weighted by molar-refractivity contribution is 6.04. The highest BCUT2D eigenvalue weighted by atomic mass is 16.5. The quantitative estimate of drug-likeness (QED) is 0.619. The van der Waals surface area contributed by atoms with E-state index in [4.69, 9.17) is 14.2 Å². The Labute approximate surface area is 169 Å². The van der Waals surface area contributed by atoms with Gasteiger partial charge in [-0.15, -0.1) is 0 Å². The maximum atomic E-state index is 12.7. The van der Waals surface area contributed by atoms with Gasteiger partial charge < -0.3 is 24.8 Å². The van der Waals surface area contributed by atoms with Crippen LogP contribution < -0.4 is 24.8 Å². The van der Waals surface area contributed by atoms with Crippen LogP contribution in [0.4, 0.5) is 17.1 Å². The van der Waals surface area contributed by atoms with E-state index in [-0.39, 0.29) is 11.6 Å². The fourth-order valence-electron chi connectivity index (χ4n) is 2.80. The highest BCUT2D eigenvalue weighted by Gasteiger charge is 2.13. The molecule has 2 N–H and O–H groups in total. The minimum Gasteiger partial charge on any atom is -0.497 e. The largest absolute Gasteiger partial charge is 0.497 e. The molecule has 0 spiro atoms. The molecule has 3 rings (SSSR count). The lowest BCUT2D eigenvalue weighted by atomic mass is 10.2. The number of benzene rings is 2. The van der Waals surface area contributed by atoms with Gasteiger partial charge >= 0.3 is 0 Å². The van der Waals surface area contributed by atoms with Crippen molar-refractivity contribution in [2.45, 2.75) is 6.92 Å². The van der Waals surface area contributed by atoms with E-state index in [9.17, 15) is 4.79 Å². The van der Waals surface area contributed by atoms with Crippen molar-refractivity contribution in [2.24, 2.45) is 0 Å². The van der Waals surface area contributed by atoms with Crippen LogP contribution in [0.3, 0.4) is 0 Å². The monoisotopic (exact) mass is 393 g/mol. The van der Waals surface area contributed by atoms with Crippen LogP contribution in [0.1, 0.15) is 16.1 Å².